The Balaban J connectivity index is 1.12. The van der Waals surface area contributed by atoms with Crippen molar-refractivity contribution in [1.29, 1.82) is 0 Å². The van der Waals surface area contributed by atoms with Gasteiger partial charge in [0.15, 0.2) is 24.9 Å². The van der Waals surface area contributed by atoms with E-state index in [1.54, 1.807) is 68.4 Å². The van der Waals surface area contributed by atoms with Crippen LogP contribution in [0.5, 0.6) is 28.9 Å². The number of aromatic hydroxyl groups is 2. The molecule has 0 saturated heterocycles. The van der Waals surface area contributed by atoms with Crippen molar-refractivity contribution in [2.24, 2.45) is 0 Å². The van der Waals surface area contributed by atoms with E-state index in [0.29, 0.717) is 50.3 Å². The molecule has 8 bridgehead atoms. The maximum absolute atomic E-state index is 12.6. The third-order valence-electron chi connectivity index (χ3n) is 10.9. The van der Waals surface area contributed by atoms with Gasteiger partial charge in [-0.05, 0) is 58.4 Å². The third kappa shape index (κ3) is 8.81. The van der Waals surface area contributed by atoms with E-state index in [2.05, 4.69) is 19.9 Å². The van der Waals surface area contributed by atoms with Gasteiger partial charge in [-0.25, -0.2) is 34.1 Å². The second kappa shape index (κ2) is 18.0. The molecule has 0 fully saturated rings. The fourth-order valence-corrected chi connectivity index (χ4v) is 11.3. The number of thiazole rings is 4. The molecule has 0 atom stereocenters. The lowest BCUT2D eigenvalue weighted by Crippen LogP contribution is -2.08. The molecule has 1 aliphatic carbocycles. The predicted octanol–water partition coefficient (Wildman–Crippen LogP) is 9.72. The first-order valence-electron chi connectivity index (χ1n) is 20.1. The van der Waals surface area contributed by atoms with Crippen LogP contribution in [0.25, 0.3) is 20.0 Å². The van der Waals surface area contributed by atoms with Crippen LogP contribution in [-0.4, -0.2) is 74.5 Å². The number of phenolic OH excluding ortho intramolecular Hbond substituents is 2. The Morgan fingerprint density at radius 1 is 0.478 bits per heavy atom. The van der Waals surface area contributed by atoms with Crippen molar-refractivity contribution < 1.29 is 59.3 Å². The molecule has 1 aliphatic rings. The summed E-state index contributed by atoms with van der Waals surface area (Å²) in [5.74, 6) is -4.51. The smallest absolute Gasteiger partial charge is 0.351 e. The number of rotatable bonds is 11. The molecule has 8 aromatic rings. The first-order valence-corrected chi connectivity index (χ1v) is 23.4. The number of nitrogens with zero attached hydrogens (tertiary/aromatic N) is 4. The van der Waals surface area contributed by atoms with E-state index in [4.69, 9.17) is 9.47 Å². The van der Waals surface area contributed by atoms with Gasteiger partial charge < -0.3 is 40.1 Å². The zero-order chi connectivity index (χ0) is 47.3. The summed E-state index contributed by atoms with van der Waals surface area (Å²) in [5, 5.41) is 64.5. The number of aromatic nitrogens is 4. The van der Waals surface area contributed by atoms with Gasteiger partial charge in [-0.15, -0.1) is 45.3 Å². The third-order valence-corrected chi connectivity index (χ3v) is 15.6. The Hall–Kier alpha value is -7.52. The van der Waals surface area contributed by atoms with E-state index in [1.165, 1.54) is 0 Å². The summed E-state index contributed by atoms with van der Waals surface area (Å²) in [4.78, 5) is 66.1. The van der Waals surface area contributed by atoms with Crippen molar-refractivity contribution in [2.45, 2.75) is 46.1 Å². The van der Waals surface area contributed by atoms with Crippen LogP contribution in [0.2, 0.25) is 0 Å². The molecule has 4 aromatic carbocycles. The number of carboxylic acids is 4. The number of phenols is 2. The first kappa shape index (κ1) is 44.7. The molecule has 6 N–H and O–H groups in total. The lowest BCUT2D eigenvalue weighted by molar-refractivity contribution is 0.0688. The van der Waals surface area contributed by atoms with Crippen LogP contribution in [0.1, 0.15) is 100 Å². The van der Waals surface area contributed by atoms with Crippen molar-refractivity contribution in [3.8, 4) is 48.9 Å². The highest BCUT2D eigenvalue weighted by atomic mass is 32.1. The van der Waals surface area contributed by atoms with Crippen LogP contribution in [0.3, 0.4) is 0 Å². The fraction of sp³-hybridized carbons (Fsp3) is 0.149. The number of fused-ring (bicyclic) bond motifs is 8. The van der Waals surface area contributed by atoms with E-state index in [1.807, 2.05) is 18.2 Å². The maximum Gasteiger partial charge on any atom is 0.351 e. The van der Waals surface area contributed by atoms with Crippen molar-refractivity contribution >= 4 is 69.2 Å². The molecule has 4 aromatic heterocycles. The highest BCUT2D eigenvalue weighted by Gasteiger charge is 2.28. The van der Waals surface area contributed by atoms with Gasteiger partial charge in [0.05, 0.1) is 11.4 Å². The second-order valence-corrected chi connectivity index (χ2v) is 19.3. The highest BCUT2D eigenvalue weighted by Crippen LogP contribution is 2.43. The van der Waals surface area contributed by atoms with E-state index in [-0.39, 0.29) is 112 Å². The zero-order valence-corrected chi connectivity index (χ0v) is 38.3. The normalized spacial score (nSPS) is 12.1. The van der Waals surface area contributed by atoms with Crippen molar-refractivity contribution in [3.63, 3.8) is 0 Å². The number of carbonyl (C=O) groups is 4. The number of carboxylic acid groups (broad SMARTS) is 4. The molecule has 67 heavy (non-hydrogen) atoms. The monoisotopic (exact) mass is 974 g/mol. The van der Waals surface area contributed by atoms with Crippen molar-refractivity contribution in [2.75, 3.05) is 0 Å². The van der Waals surface area contributed by atoms with Crippen LogP contribution in [0, 0.1) is 13.8 Å². The molecule has 9 rings (SSSR count). The minimum absolute atomic E-state index is 0.00130. The van der Waals surface area contributed by atoms with Crippen LogP contribution in [0.4, 0.5) is 0 Å². The standard InChI is InChI=1S/C47H34N4O12S4/c1-20-35(44(54)55)64-40(48-20)42-50-30(37(66-42)46(58)59)19-62-33-26-11-5-12-27(33)16-23-8-4-10-25(32(23)53)18-29-14-6-13-28(17-24-9-3-7-22(15-26)31(24)52)34(29)63-39-38(47(60)61)67-43(51-39)41-49-21(2)36(65-41)45(56)57/h3-14,52-53H,15-19H2,1-2H3,(H,54,55)(H,56,57)(H,58,59)(H,60,61). The molecule has 0 saturated carbocycles. The van der Waals surface area contributed by atoms with Gasteiger partial charge in [0.2, 0.25) is 5.88 Å². The molecule has 0 radical (unpaired) electrons. The van der Waals surface area contributed by atoms with E-state index in [9.17, 15) is 49.8 Å². The minimum Gasteiger partial charge on any atom is -0.507 e. The van der Waals surface area contributed by atoms with Crippen LogP contribution in [0.15, 0.2) is 72.8 Å². The van der Waals surface area contributed by atoms with Crippen molar-refractivity contribution in [1.82, 2.24) is 19.9 Å². The summed E-state index contributed by atoms with van der Waals surface area (Å²) in [6.07, 6.45) is 0.544. The highest BCUT2D eigenvalue weighted by molar-refractivity contribution is 7.24. The molecule has 4 heterocycles. The van der Waals surface area contributed by atoms with Gasteiger partial charge in [0.1, 0.15) is 49.9 Å². The Morgan fingerprint density at radius 3 is 1.22 bits per heavy atom. The Morgan fingerprint density at radius 2 is 0.821 bits per heavy atom. The number of aryl methyl sites for hydroxylation is 2. The van der Waals surface area contributed by atoms with Crippen LogP contribution in [-0.2, 0) is 32.3 Å². The molecule has 0 unspecified atom stereocenters. The largest absolute Gasteiger partial charge is 0.507 e. The first-order chi connectivity index (χ1) is 32.1. The van der Waals surface area contributed by atoms with Gasteiger partial charge in [-0.3, -0.25) is 0 Å². The average molecular weight is 975 g/mol. The number of hydrogen-bond donors (Lipinski definition) is 6. The SMILES string of the molecule is Cc1nc(-c2nc(COc3c4cccc3Cc3cccc(c3O)Cc3cccc(c3Oc3nc(-c5nc(C)c(C(=O)O)s5)sc3C(=O)O)Cc3cccc(c3O)C4)c(C(=O)O)s2)sc1C(=O)O. The lowest BCUT2D eigenvalue weighted by Gasteiger charge is -2.20. The topological polar surface area (TPSA) is 260 Å². The Labute approximate surface area is 395 Å². The lowest BCUT2D eigenvalue weighted by atomic mass is 9.91. The zero-order valence-electron chi connectivity index (χ0n) is 35.0. The summed E-state index contributed by atoms with van der Waals surface area (Å²) >= 11 is 3.43. The average Bonchev–Trinajstić information content (AvgIpc) is 4.09. The fourth-order valence-electron chi connectivity index (χ4n) is 7.75. The Bertz CT molecular complexity index is 3240. The molecular formula is C47H34N4O12S4. The summed E-state index contributed by atoms with van der Waals surface area (Å²) < 4.78 is 13.0. The van der Waals surface area contributed by atoms with Gasteiger partial charge in [0.25, 0.3) is 0 Å². The van der Waals surface area contributed by atoms with Gasteiger partial charge in [0, 0.05) is 25.7 Å². The number of ether oxygens (including phenoxy) is 2. The molecule has 0 spiro atoms. The van der Waals surface area contributed by atoms with E-state index >= 15 is 0 Å². The molecule has 0 aliphatic heterocycles. The predicted molar refractivity (Wildman–Crippen MR) is 248 cm³/mol. The van der Waals surface area contributed by atoms with Gasteiger partial charge >= 0.3 is 23.9 Å². The van der Waals surface area contributed by atoms with Crippen LogP contribution >= 0.6 is 45.3 Å². The molecule has 16 nitrogen and oxygen atoms in total. The Kier molecular flexibility index (Phi) is 12.0. The molecule has 0 amide bonds. The summed E-state index contributed by atoms with van der Waals surface area (Å²) in [7, 11) is 0. The number of hydrogen-bond acceptors (Lipinski definition) is 16. The van der Waals surface area contributed by atoms with Crippen molar-refractivity contribution in [3.05, 3.63) is 154 Å². The molecule has 20 heteroatoms. The quantitative estimate of drug-likeness (QED) is 0.0704. The molecular weight excluding hydrogens is 941 g/mol. The van der Waals surface area contributed by atoms with Gasteiger partial charge in [-0.2, -0.15) is 4.98 Å². The van der Waals surface area contributed by atoms with Gasteiger partial charge in [-0.1, -0.05) is 72.8 Å². The second-order valence-electron chi connectivity index (χ2n) is 15.3. The minimum atomic E-state index is -1.32. The molecule has 338 valence electrons. The number of para-hydroxylation sites is 4. The summed E-state index contributed by atoms with van der Waals surface area (Å²) in [5.41, 5.74) is 5.12. The summed E-state index contributed by atoms with van der Waals surface area (Å²) in [6.45, 7) is 2.81. The maximum atomic E-state index is 12.6. The number of aromatic carboxylic acids is 4. The summed E-state index contributed by atoms with van der Waals surface area (Å²) in [6, 6.07) is 21.5. The van der Waals surface area contributed by atoms with E-state index in [0.717, 1.165) is 45.3 Å². The van der Waals surface area contributed by atoms with E-state index < -0.39 is 23.9 Å². The number of benzene rings is 4. The van der Waals surface area contributed by atoms with Crippen LogP contribution < -0.4 is 9.47 Å².